The molecular weight excluding hydrogens is 292 g/mol. The summed E-state index contributed by atoms with van der Waals surface area (Å²) < 4.78 is 7.25. The molecule has 2 aromatic rings. The molecule has 23 heavy (non-hydrogen) atoms. The van der Waals surface area contributed by atoms with Crippen molar-refractivity contribution in [2.24, 2.45) is 0 Å². The summed E-state index contributed by atoms with van der Waals surface area (Å²) in [6.45, 7) is 6.07. The highest BCUT2D eigenvalue weighted by atomic mass is 16.5. The van der Waals surface area contributed by atoms with Gasteiger partial charge >= 0.3 is 0 Å². The Morgan fingerprint density at radius 2 is 2.30 bits per heavy atom. The molecule has 0 spiro atoms. The summed E-state index contributed by atoms with van der Waals surface area (Å²) in [7, 11) is 0. The van der Waals surface area contributed by atoms with Gasteiger partial charge in [0.25, 0.3) is 0 Å². The highest BCUT2D eigenvalue weighted by Gasteiger charge is 2.17. The predicted octanol–water partition coefficient (Wildman–Crippen LogP) is 1.81. The Kier molecular flexibility index (Phi) is 4.73. The summed E-state index contributed by atoms with van der Waals surface area (Å²) in [6.07, 6.45) is 0.407. The summed E-state index contributed by atoms with van der Waals surface area (Å²) in [5.74, 6) is -0.0153. The van der Waals surface area contributed by atoms with Crippen molar-refractivity contribution in [1.82, 2.24) is 15.1 Å². The second-order valence-electron chi connectivity index (χ2n) is 5.87. The zero-order valence-electron chi connectivity index (χ0n) is 13.5. The van der Waals surface area contributed by atoms with Crippen molar-refractivity contribution in [3.8, 4) is 5.69 Å². The number of aryl methyl sites for hydroxylation is 2. The van der Waals surface area contributed by atoms with E-state index in [4.69, 9.17) is 4.74 Å². The van der Waals surface area contributed by atoms with Crippen LogP contribution in [0.2, 0.25) is 0 Å². The molecule has 1 unspecified atom stereocenters. The largest absolute Gasteiger partial charge is 0.378 e. The van der Waals surface area contributed by atoms with E-state index in [0.29, 0.717) is 19.6 Å². The number of rotatable bonds is 4. The Morgan fingerprint density at radius 1 is 1.43 bits per heavy atom. The molecule has 2 N–H and O–H groups in total. The molecule has 1 atom stereocenters. The number of hydrogen-bond donors (Lipinski definition) is 2. The maximum Gasteiger partial charge on any atom is 0.226 e. The van der Waals surface area contributed by atoms with Gasteiger partial charge in [-0.15, -0.1) is 0 Å². The van der Waals surface area contributed by atoms with Gasteiger partial charge in [0.15, 0.2) is 0 Å². The van der Waals surface area contributed by atoms with E-state index in [1.54, 1.807) is 0 Å². The zero-order valence-corrected chi connectivity index (χ0v) is 13.5. The second kappa shape index (κ2) is 6.93. The number of amides is 1. The van der Waals surface area contributed by atoms with Crippen molar-refractivity contribution < 1.29 is 9.53 Å². The van der Waals surface area contributed by atoms with Crippen LogP contribution in [0.4, 0.5) is 5.69 Å². The van der Waals surface area contributed by atoms with Crippen molar-refractivity contribution in [3.05, 3.63) is 41.7 Å². The second-order valence-corrected chi connectivity index (χ2v) is 5.87. The molecule has 3 rings (SSSR count). The SMILES string of the molecule is Cc1cc(C)n(-c2cccc(NC(=O)CC3COCCN3)c2)n1. The van der Waals surface area contributed by atoms with E-state index in [-0.39, 0.29) is 11.9 Å². The number of aromatic nitrogens is 2. The maximum atomic E-state index is 12.2. The Labute approximate surface area is 135 Å². The van der Waals surface area contributed by atoms with Gasteiger partial charge in [0.05, 0.1) is 24.6 Å². The first-order valence-electron chi connectivity index (χ1n) is 7.86. The normalized spacial score (nSPS) is 17.9. The van der Waals surface area contributed by atoms with Crippen LogP contribution in [0.3, 0.4) is 0 Å². The first-order valence-corrected chi connectivity index (χ1v) is 7.86. The molecule has 1 aromatic heterocycles. The number of morpholine rings is 1. The van der Waals surface area contributed by atoms with Crippen LogP contribution in [-0.4, -0.2) is 41.5 Å². The monoisotopic (exact) mass is 314 g/mol. The third-order valence-electron chi connectivity index (χ3n) is 3.81. The Bertz CT molecular complexity index is 690. The fourth-order valence-electron chi connectivity index (χ4n) is 2.79. The molecule has 1 aliphatic heterocycles. The van der Waals surface area contributed by atoms with Crippen molar-refractivity contribution in [1.29, 1.82) is 0 Å². The van der Waals surface area contributed by atoms with Crippen molar-refractivity contribution in [3.63, 3.8) is 0 Å². The average molecular weight is 314 g/mol. The van der Waals surface area contributed by atoms with Crippen molar-refractivity contribution in [2.75, 3.05) is 25.1 Å². The molecule has 1 aliphatic rings. The van der Waals surface area contributed by atoms with Crippen LogP contribution in [0, 0.1) is 13.8 Å². The van der Waals surface area contributed by atoms with Crippen LogP contribution in [-0.2, 0) is 9.53 Å². The molecule has 1 amide bonds. The van der Waals surface area contributed by atoms with E-state index in [9.17, 15) is 4.79 Å². The lowest BCUT2D eigenvalue weighted by molar-refractivity contribution is -0.117. The van der Waals surface area contributed by atoms with Gasteiger partial charge in [-0.1, -0.05) is 6.07 Å². The molecular formula is C17H22N4O2. The number of benzene rings is 1. The predicted molar refractivity (Wildman–Crippen MR) is 88.9 cm³/mol. The fourth-order valence-corrected chi connectivity index (χ4v) is 2.79. The molecule has 0 saturated carbocycles. The lowest BCUT2D eigenvalue weighted by atomic mass is 10.2. The number of ether oxygens (including phenoxy) is 1. The zero-order chi connectivity index (χ0) is 16.2. The molecule has 0 aliphatic carbocycles. The first-order chi connectivity index (χ1) is 11.1. The lowest BCUT2D eigenvalue weighted by Gasteiger charge is -2.23. The third kappa shape index (κ3) is 3.97. The number of carbonyl (C=O) groups excluding carboxylic acids is 1. The van der Waals surface area contributed by atoms with E-state index in [0.717, 1.165) is 29.3 Å². The number of hydrogen-bond acceptors (Lipinski definition) is 4. The summed E-state index contributed by atoms with van der Waals surface area (Å²) in [4.78, 5) is 12.2. The van der Waals surface area contributed by atoms with E-state index in [2.05, 4.69) is 15.7 Å². The van der Waals surface area contributed by atoms with Crippen LogP contribution in [0.1, 0.15) is 17.8 Å². The van der Waals surface area contributed by atoms with Gasteiger partial charge in [-0.2, -0.15) is 5.10 Å². The highest BCUT2D eigenvalue weighted by molar-refractivity contribution is 5.91. The molecule has 1 aromatic carbocycles. The minimum Gasteiger partial charge on any atom is -0.378 e. The highest BCUT2D eigenvalue weighted by Crippen LogP contribution is 2.17. The standard InChI is InChI=1S/C17H22N4O2/c1-12-8-13(2)21(20-12)16-5-3-4-14(9-16)19-17(22)10-15-11-23-7-6-18-15/h3-5,8-9,15,18H,6-7,10-11H2,1-2H3,(H,19,22). The summed E-state index contributed by atoms with van der Waals surface area (Å²) in [5, 5.41) is 10.7. The Balaban J connectivity index is 1.67. The fraction of sp³-hybridized carbons (Fsp3) is 0.412. The summed E-state index contributed by atoms with van der Waals surface area (Å²) in [6, 6.07) is 9.83. The van der Waals surface area contributed by atoms with Gasteiger partial charge in [0.1, 0.15) is 0 Å². The number of anilines is 1. The van der Waals surface area contributed by atoms with Crippen LogP contribution in [0.5, 0.6) is 0 Å². The van der Waals surface area contributed by atoms with Gasteiger partial charge in [0, 0.05) is 30.4 Å². The van der Waals surface area contributed by atoms with Gasteiger partial charge in [0.2, 0.25) is 5.91 Å². The van der Waals surface area contributed by atoms with E-state index >= 15 is 0 Å². The van der Waals surface area contributed by atoms with Crippen LogP contribution in [0.15, 0.2) is 30.3 Å². The minimum atomic E-state index is -0.0153. The quantitative estimate of drug-likeness (QED) is 0.903. The lowest BCUT2D eigenvalue weighted by Crippen LogP contribution is -2.43. The minimum absolute atomic E-state index is 0.0153. The number of nitrogens with zero attached hydrogens (tertiary/aromatic N) is 2. The van der Waals surface area contributed by atoms with Crippen LogP contribution in [0.25, 0.3) is 5.69 Å². The summed E-state index contributed by atoms with van der Waals surface area (Å²) >= 11 is 0. The maximum absolute atomic E-state index is 12.2. The number of carbonyl (C=O) groups is 1. The smallest absolute Gasteiger partial charge is 0.226 e. The molecule has 0 radical (unpaired) electrons. The van der Waals surface area contributed by atoms with E-state index in [1.165, 1.54) is 0 Å². The molecule has 0 bridgehead atoms. The third-order valence-corrected chi connectivity index (χ3v) is 3.81. The molecule has 6 nitrogen and oxygen atoms in total. The number of nitrogens with one attached hydrogen (secondary N) is 2. The molecule has 1 fully saturated rings. The average Bonchev–Trinajstić information content (AvgIpc) is 2.87. The van der Waals surface area contributed by atoms with Gasteiger partial charge < -0.3 is 15.4 Å². The van der Waals surface area contributed by atoms with E-state index in [1.807, 2.05) is 48.9 Å². The Hall–Kier alpha value is -2.18. The first kappa shape index (κ1) is 15.7. The molecule has 6 heteroatoms. The van der Waals surface area contributed by atoms with Crippen molar-refractivity contribution >= 4 is 11.6 Å². The van der Waals surface area contributed by atoms with Gasteiger partial charge in [-0.25, -0.2) is 4.68 Å². The van der Waals surface area contributed by atoms with Crippen molar-refractivity contribution in [2.45, 2.75) is 26.3 Å². The van der Waals surface area contributed by atoms with E-state index < -0.39 is 0 Å². The molecule has 122 valence electrons. The van der Waals surface area contributed by atoms with Gasteiger partial charge in [-0.3, -0.25) is 4.79 Å². The van der Waals surface area contributed by atoms with Crippen LogP contribution < -0.4 is 10.6 Å². The summed E-state index contributed by atoms with van der Waals surface area (Å²) in [5.41, 5.74) is 3.75. The Morgan fingerprint density at radius 3 is 3.00 bits per heavy atom. The molecule has 2 heterocycles. The van der Waals surface area contributed by atoms with Crippen LogP contribution >= 0.6 is 0 Å². The molecule has 1 saturated heterocycles. The topological polar surface area (TPSA) is 68.2 Å². The van der Waals surface area contributed by atoms with Gasteiger partial charge in [-0.05, 0) is 38.1 Å².